The maximum Gasteiger partial charge on any atom is 0.315 e. The van der Waals surface area contributed by atoms with Crippen molar-refractivity contribution in [2.45, 2.75) is 24.9 Å². The van der Waals surface area contributed by atoms with Crippen LogP contribution in [-0.4, -0.2) is 28.0 Å². The molecule has 13 heavy (non-hydrogen) atoms. The van der Waals surface area contributed by atoms with Gasteiger partial charge < -0.3 is 0 Å². The fourth-order valence-corrected chi connectivity index (χ4v) is 1.01. The first-order valence-corrected chi connectivity index (χ1v) is 4.74. The van der Waals surface area contributed by atoms with Crippen molar-refractivity contribution in [3.63, 3.8) is 0 Å². The predicted molar refractivity (Wildman–Crippen MR) is 47.5 cm³/mol. The molecule has 0 atom stereocenters. The van der Waals surface area contributed by atoms with E-state index < -0.39 is 15.1 Å². The van der Waals surface area contributed by atoms with Gasteiger partial charge in [0, 0.05) is 6.04 Å². The number of rotatable bonds is 2. The molecule has 0 aromatic carbocycles. The van der Waals surface area contributed by atoms with Crippen LogP contribution in [0.5, 0.6) is 0 Å². The Morgan fingerprint density at radius 3 is 2.31 bits per heavy atom. The van der Waals surface area contributed by atoms with Crippen molar-refractivity contribution in [2.75, 3.05) is 0 Å². The Morgan fingerprint density at radius 1 is 1.54 bits per heavy atom. The van der Waals surface area contributed by atoms with Gasteiger partial charge in [-0.15, -0.1) is 17.5 Å². The van der Waals surface area contributed by atoms with Crippen molar-refractivity contribution in [3.05, 3.63) is 6.20 Å². The third-order valence-corrected chi connectivity index (χ3v) is 2.00. The molecule has 0 fully saturated rings. The van der Waals surface area contributed by atoms with Crippen molar-refractivity contribution in [3.8, 4) is 0 Å². The Bertz CT molecular complexity index is 372. The van der Waals surface area contributed by atoms with Crippen LogP contribution >= 0.6 is 12.4 Å². The van der Waals surface area contributed by atoms with Gasteiger partial charge in [0.25, 0.3) is 0 Å². The fourth-order valence-electron chi connectivity index (χ4n) is 0.631. The molecular weight excluding hydrogens is 218 g/mol. The zero-order chi connectivity index (χ0) is 9.35. The average Bonchev–Trinajstić information content (AvgIpc) is 2.30. The molecule has 1 heterocycles. The molecule has 0 bridgehead atoms. The standard InChI is InChI=1S/C5H9N3O3S.ClH/c1-4(2)8-3-5(6-7-8)12(9,10)11;/h3-4H,1-2H3,(H,9,10,11);1H. The Balaban J connectivity index is 0.00000144. The smallest absolute Gasteiger partial charge is 0.281 e. The minimum Gasteiger partial charge on any atom is -0.281 e. The van der Waals surface area contributed by atoms with Crippen LogP contribution in [0.2, 0.25) is 0 Å². The lowest BCUT2D eigenvalue weighted by atomic mass is 10.4. The van der Waals surface area contributed by atoms with E-state index in [1.54, 1.807) is 0 Å². The van der Waals surface area contributed by atoms with Crippen molar-refractivity contribution in [1.82, 2.24) is 15.0 Å². The molecule has 0 aliphatic carbocycles. The molecule has 6 nitrogen and oxygen atoms in total. The molecule has 0 aliphatic rings. The second-order valence-corrected chi connectivity index (χ2v) is 3.97. The Morgan fingerprint density at radius 2 is 2.08 bits per heavy atom. The molecule has 0 aliphatic heterocycles. The van der Waals surface area contributed by atoms with E-state index in [0.29, 0.717) is 0 Å². The van der Waals surface area contributed by atoms with Crippen LogP contribution < -0.4 is 0 Å². The van der Waals surface area contributed by atoms with E-state index in [9.17, 15) is 8.42 Å². The van der Waals surface area contributed by atoms with Gasteiger partial charge in [0.05, 0.1) is 6.20 Å². The minimum atomic E-state index is -4.21. The highest BCUT2D eigenvalue weighted by atomic mass is 35.5. The van der Waals surface area contributed by atoms with E-state index >= 15 is 0 Å². The van der Waals surface area contributed by atoms with Gasteiger partial charge in [-0.1, -0.05) is 5.21 Å². The van der Waals surface area contributed by atoms with Crippen LogP contribution in [-0.2, 0) is 10.1 Å². The van der Waals surface area contributed by atoms with Gasteiger partial charge in [-0.2, -0.15) is 8.42 Å². The molecule has 0 amide bonds. The molecule has 76 valence electrons. The van der Waals surface area contributed by atoms with E-state index in [2.05, 4.69) is 10.3 Å². The van der Waals surface area contributed by atoms with Gasteiger partial charge in [0.15, 0.2) is 0 Å². The van der Waals surface area contributed by atoms with Crippen molar-refractivity contribution >= 4 is 22.5 Å². The molecule has 8 heteroatoms. The van der Waals surface area contributed by atoms with E-state index in [0.717, 1.165) is 0 Å². The summed E-state index contributed by atoms with van der Waals surface area (Å²) >= 11 is 0. The molecular formula is C5H10ClN3O3S. The quantitative estimate of drug-likeness (QED) is 0.745. The Labute approximate surface area is 82.1 Å². The highest BCUT2D eigenvalue weighted by Crippen LogP contribution is 2.06. The maximum atomic E-state index is 10.5. The first-order valence-electron chi connectivity index (χ1n) is 3.30. The third kappa shape index (κ3) is 2.94. The normalized spacial score (nSPS) is 11.4. The lowest BCUT2D eigenvalue weighted by molar-refractivity contribution is 0.479. The predicted octanol–water partition coefficient (Wildman–Crippen LogP) is 0.527. The molecule has 1 aromatic heterocycles. The van der Waals surface area contributed by atoms with Crippen LogP contribution in [0, 0.1) is 0 Å². The van der Waals surface area contributed by atoms with E-state index in [-0.39, 0.29) is 18.4 Å². The number of hydrogen-bond donors (Lipinski definition) is 1. The van der Waals surface area contributed by atoms with Gasteiger partial charge >= 0.3 is 10.1 Å². The topological polar surface area (TPSA) is 85.1 Å². The molecule has 1 aromatic rings. The Kier molecular flexibility index (Phi) is 3.83. The summed E-state index contributed by atoms with van der Waals surface area (Å²) in [7, 11) is -4.21. The maximum absolute atomic E-state index is 10.5. The van der Waals surface area contributed by atoms with Crippen LogP contribution in [0.1, 0.15) is 19.9 Å². The Hall–Kier alpha value is -0.660. The van der Waals surface area contributed by atoms with Crippen LogP contribution in [0.4, 0.5) is 0 Å². The second kappa shape index (κ2) is 4.03. The summed E-state index contributed by atoms with van der Waals surface area (Å²) in [6.45, 7) is 3.64. The first kappa shape index (κ1) is 12.3. The van der Waals surface area contributed by atoms with E-state index in [1.807, 2.05) is 13.8 Å². The van der Waals surface area contributed by atoms with Gasteiger partial charge in [-0.3, -0.25) is 4.55 Å². The van der Waals surface area contributed by atoms with E-state index in [1.165, 1.54) is 10.9 Å². The molecule has 0 spiro atoms. The van der Waals surface area contributed by atoms with Gasteiger partial charge in [-0.05, 0) is 13.8 Å². The van der Waals surface area contributed by atoms with Crippen molar-refractivity contribution in [1.29, 1.82) is 0 Å². The number of halogens is 1. The van der Waals surface area contributed by atoms with Crippen molar-refractivity contribution < 1.29 is 13.0 Å². The summed E-state index contributed by atoms with van der Waals surface area (Å²) in [5.74, 6) is 0. The lowest BCUT2D eigenvalue weighted by Crippen LogP contribution is -2.01. The van der Waals surface area contributed by atoms with Crippen LogP contribution in [0.15, 0.2) is 11.2 Å². The summed E-state index contributed by atoms with van der Waals surface area (Å²) in [6, 6.07) is 0.0213. The highest BCUT2D eigenvalue weighted by Gasteiger charge is 2.14. The lowest BCUT2D eigenvalue weighted by Gasteiger charge is -2.00. The van der Waals surface area contributed by atoms with Crippen LogP contribution in [0.3, 0.4) is 0 Å². The average molecular weight is 228 g/mol. The summed E-state index contributed by atoms with van der Waals surface area (Å²) < 4.78 is 30.9. The summed E-state index contributed by atoms with van der Waals surface area (Å²) in [5, 5.41) is 6.37. The molecule has 0 saturated heterocycles. The van der Waals surface area contributed by atoms with Gasteiger partial charge in [0.1, 0.15) is 0 Å². The SMILES string of the molecule is CC(C)n1cc(S(=O)(=O)O)nn1.Cl. The second-order valence-electron chi connectivity index (χ2n) is 2.61. The molecule has 0 saturated carbocycles. The summed E-state index contributed by atoms with van der Waals surface area (Å²) in [5.41, 5.74) is 0. The number of nitrogens with zero attached hydrogens (tertiary/aromatic N) is 3. The summed E-state index contributed by atoms with van der Waals surface area (Å²) in [4.78, 5) is 0. The molecule has 0 radical (unpaired) electrons. The molecule has 0 unspecified atom stereocenters. The monoisotopic (exact) mass is 227 g/mol. The van der Waals surface area contributed by atoms with E-state index in [4.69, 9.17) is 4.55 Å². The largest absolute Gasteiger partial charge is 0.315 e. The van der Waals surface area contributed by atoms with Crippen LogP contribution in [0.25, 0.3) is 0 Å². The zero-order valence-corrected chi connectivity index (χ0v) is 8.71. The van der Waals surface area contributed by atoms with Gasteiger partial charge in [-0.25, -0.2) is 4.68 Å². The number of hydrogen-bond acceptors (Lipinski definition) is 4. The van der Waals surface area contributed by atoms with Crippen molar-refractivity contribution in [2.24, 2.45) is 0 Å². The molecule has 1 rings (SSSR count). The zero-order valence-electron chi connectivity index (χ0n) is 7.08. The first-order chi connectivity index (χ1) is 5.41. The van der Waals surface area contributed by atoms with Gasteiger partial charge in [0.2, 0.25) is 5.03 Å². The third-order valence-electron chi connectivity index (χ3n) is 1.28. The fraction of sp³-hybridized carbons (Fsp3) is 0.600. The number of aromatic nitrogens is 3. The molecule has 1 N–H and O–H groups in total. The minimum absolute atomic E-state index is 0. The summed E-state index contributed by atoms with van der Waals surface area (Å²) in [6.07, 6.45) is 1.18. The highest BCUT2D eigenvalue weighted by molar-refractivity contribution is 7.85.